The van der Waals surface area contributed by atoms with Crippen molar-refractivity contribution in [3.05, 3.63) is 29.3 Å². The van der Waals surface area contributed by atoms with Gasteiger partial charge in [0.05, 0.1) is 7.11 Å². The maximum atomic E-state index is 12.7. The van der Waals surface area contributed by atoms with Crippen LogP contribution in [-0.4, -0.2) is 37.4 Å². The standard InChI is InChI=1S/C18H25NO2/c1-13-7-9-19(10-8-13)12-15-4-3-14-11-16(21-2)5-6-17(14)18(15)20/h5-6,11,13,15H,3-4,7-10,12H2,1-2H3. The molecular weight excluding hydrogens is 262 g/mol. The van der Waals surface area contributed by atoms with Gasteiger partial charge in [0.2, 0.25) is 0 Å². The molecular formula is C18H25NO2. The van der Waals surface area contributed by atoms with Crippen molar-refractivity contribution in [3.63, 3.8) is 0 Å². The molecule has 1 aromatic rings. The van der Waals surface area contributed by atoms with E-state index in [0.717, 1.165) is 55.3 Å². The molecule has 0 saturated carbocycles. The van der Waals surface area contributed by atoms with Gasteiger partial charge in [-0.25, -0.2) is 0 Å². The molecule has 1 unspecified atom stereocenters. The summed E-state index contributed by atoms with van der Waals surface area (Å²) in [7, 11) is 1.67. The Hall–Kier alpha value is -1.35. The Morgan fingerprint density at radius 2 is 2.00 bits per heavy atom. The van der Waals surface area contributed by atoms with Gasteiger partial charge < -0.3 is 9.64 Å². The van der Waals surface area contributed by atoms with Gasteiger partial charge in [0.15, 0.2) is 5.78 Å². The molecule has 0 radical (unpaired) electrons. The molecule has 0 amide bonds. The summed E-state index contributed by atoms with van der Waals surface area (Å²) >= 11 is 0. The van der Waals surface area contributed by atoms with E-state index < -0.39 is 0 Å². The van der Waals surface area contributed by atoms with Crippen molar-refractivity contribution in [2.75, 3.05) is 26.7 Å². The molecule has 1 saturated heterocycles. The van der Waals surface area contributed by atoms with Crippen molar-refractivity contribution in [2.45, 2.75) is 32.6 Å². The van der Waals surface area contributed by atoms with Gasteiger partial charge in [0, 0.05) is 18.0 Å². The van der Waals surface area contributed by atoms with Gasteiger partial charge in [0.25, 0.3) is 0 Å². The van der Waals surface area contributed by atoms with Crippen LogP contribution >= 0.6 is 0 Å². The number of Topliss-reactive ketones (excluding diaryl/α,β-unsaturated/α-hetero) is 1. The molecule has 0 aromatic heterocycles. The Balaban J connectivity index is 1.68. The molecule has 2 aliphatic rings. The van der Waals surface area contributed by atoms with Crippen molar-refractivity contribution in [1.82, 2.24) is 4.90 Å². The van der Waals surface area contributed by atoms with Gasteiger partial charge in [-0.1, -0.05) is 6.92 Å². The first kappa shape index (κ1) is 14.6. The summed E-state index contributed by atoms with van der Waals surface area (Å²) in [6.45, 7) is 5.57. The summed E-state index contributed by atoms with van der Waals surface area (Å²) in [5.41, 5.74) is 2.07. The quantitative estimate of drug-likeness (QED) is 0.855. The lowest BCUT2D eigenvalue weighted by molar-refractivity contribution is 0.0833. The molecule has 1 atom stereocenters. The van der Waals surface area contributed by atoms with Crippen LogP contribution in [-0.2, 0) is 6.42 Å². The van der Waals surface area contributed by atoms with Crippen LogP contribution in [0.2, 0.25) is 0 Å². The number of hydrogen-bond acceptors (Lipinski definition) is 3. The lowest BCUT2D eigenvalue weighted by atomic mass is 9.82. The minimum Gasteiger partial charge on any atom is -0.497 e. The van der Waals surface area contributed by atoms with Gasteiger partial charge in [0.1, 0.15) is 5.75 Å². The second-order valence-corrected chi connectivity index (χ2v) is 6.61. The van der Waals surface area contributed by atoms with Crippen molar-refractivity contribution >= 4 is 5.78 Å². The molecule has 0 spiro atoms. The molecule has 114 valence electrons. The number of hydrogen-bond donors (Lipinski definition) is 0. The molecule has 1 heterocycles. The summed E-state index contributed by atoms with van der Waals surface area (Å²) in [6.07, 6.45) is 4.52. The fourth-order valence-corrected chi connectivity index (χ4v) is 3.56. The maximum Gasteiger partial charge on any atom is 0.167 e. The van der Waals surface area contributed by atoms with E-state index in [0.29, 0.717) is 5.78 Å². The third kappa shape index (κ3) is 3.13. The number of ketones is 1. The molecule has 0 bridgehead atoms. The largest absolute Gasteiger partial charge is 0.497 e. The highest BCUT2D eigenvalue weighted by atomic mass is 16.5. The maximum absolute atomic E-state index is 12.7. The number of nitrogens with zero attached hydrogens (tertiary/aromatic N) is 1. The molecule has 1 aromatic carbocycles. The fourth-order valence-electron chi connectivity index (χ4n) is 3.56. The first-order chi connectivity index (χ1) is 10.2. The fraction of sp³-hybridized carbons (Fsp3) is 0.611. The second-order valence-electron chi connectivity index (χ2n) is 6.61. The summed E-state index contributed by atoms with van der Waals surface area (Å²) in [5, 5.41) is 0. The Morgan fingerprint density at radius 1 is 1.24 bits per heavy atom. The number of methoxy groups -OCH3 is 1. The first-order valence-electron chi connectivity index (χ1n) is 8.11. The smallest absolute Gasteiger partial charge is 0.167 e. The lowest BCUT2D eigenvalue weighted by Crippen LogP contribution is -2.40. The number of likely N-dealkylation sites (tertiary alicyclic amines) is 1. The topological polar surface area (TPSA) is 29.5 Å². The highest BCUT2D eigenvalue weighted by Crippen LogP contribution is 2.30. The number of piperidine rings is 1. The van der Waals surface area contributed by atoms with Crippen LogP contribution < -0.4 is 4.74 Å². The third-order valence-electron chi connectivity index (χ3n) is 5.07. The van der Waals surface area contributed by atoms with Gasteiger partial charge >= 0.3 is 0 Å². The molecule has 3 rings (SSSR count). The molecule has 3 nitrogen and oxygen atoms in total. The van der Waals surface area contributed by atoms with E-state index in [1.165, 1.54) is 12.8 Å². The minimum atomic E-state index is 0.180. The predicted molar refractivity (Wildman–Crippen MR) is 84.0 cm³/mol. The SMILES string of the molecule is COc1ccc2c(c1)CCC(CN1CCC(C)CC1)C2=O. The monoisotopic (exact) mass is 287 g/mol. The lowest BCUT2D eigenvalue weighted by Gasteiger charge is -2.34. The summed E-state index contributed by atoms with van der Waals surface area (Å²) < 4.78 is 5.25. The van der Waals surface area contributed by atoms with Crippen LogP contribution in [0.3, 0.4) is 0 Å². The number of rotatable bonds is 3. The molecule has 21 heavy (non-hydrogen) atoms. The van der Waals surface area contributed by atoms with E-state index in [9.17, 15) is 4.79 Å². The van der Waals surface area contributed by atoms with Crippen LogP contribution in [0, 0.1) is 11.8 Å². The van der Waals surface area contributed by atoms with Crippen LogP contribution in [0.4, 0.5) is 0 Å². The van der Waals surface area contributed by atoms with Crippen molar-refractivity contribution in [3.8, 4) is 5.75 Å². The highest BCUT2D eigenvalue weighted by Gasteiger charge is 2.29. The van der Waals surface area contributed by atoms with Gasteiger partial charge in [-0.3, -0.25) is 4.79 Å². The molecule has 1 aliphatic carbocycles. The number of ether oxygens (including phenoxy) is 1. The molecule has 1 aliphatic heterocycles. The van der Waals surface area contributed by atoms with Crippen LogP contribution in [0.1, 0.15) is 42.1 Å². The third-order valence-corrected chi connectivity index (χ3v) is 5.07. The van der Waals surface area contributed by atoms with Crippen molar-refractivity contribution in [1.29, 1.82) is 0 Å². The molecule has 3 heteroatoms. The van der Waals surface area contributed by atoms with Crippen molar-refractivity contribution < 1.29 is 9.53 Å². The number of carbonyl (C=O) groups is 1. The Kier molecular flexibility index (Phi) is 4.29. The first-order valence-corrected chi connectivity index (χ1v) is 8.11. The van der Waals surface area contributed by atoms with Gasteiger partial charge in [-0.2, -0.15) is 0 Å². The van der Waals surface area contributed by atoms with E-state index >= 15 is 0 Å². The molecule has 0 N–H and O–H groups in total. The van der Waals surface area contributed by atoms with Gasteiger partial charge in [-0.15, -0.1) is 0 Å². The second kappa shape index (κ2) is 6.18. The van der Waals surface area contributed by atoms with Gasteiger partial charge in [-0.05, 0) is 68.5 Å². The Labute approximate surface area is 127 Å². The van der Waals surface area contributed by atoms with E-state index in [2.05, 4.69) is 11.8 Å². The van der Waals surface area contributed by atoms with E-state index in [1.807, 2.05) is 18.2 Å². The van der Waals surface area contributed by atoms with Crippen LogP contribution in [0.5, 0.6) is 5.75 Å². The Morgan fingerprint density at radius 3 is 2.71 bits per heavy atom. The number of fused-ring (bicyclic) bond motifs is 1. The Bertz CT molecular complexity index is 518. The normalized spacial score (nSPS) is 23.9. The average molecular weight is 287 g/mol. The summed E-state index contributed by atoms with van der Waals surface area (Å²) in [4.78, 5) is 15.2. The zero-order valence-electron chi connectivity index (χ0n) is 13.1. The van der Waals surface area contributed by atoms with Crippen LogP contribution in [0.15, 0.2) is 18.2 Å². The average Bonchev–Trinajstić information content (AvgIpc) is 2.52. The summed E-state index contributed by atoms with van der Waals surface area (Å²) in [5.74, 6) is 2.21. The zero-order chi connectivity index (χ0) is 14.8. The zero-order valence-corrected chi connectivity index (χ0v) is 13.1. The summed E-state index contributed by atoms with van der Waals surface area (Å²) in [6, 6.07) is 5.87. The number of aryl methyl sites for hydroxylation is 1. The predicted octanol–water partition coefficient (Wildman–Crippen LogP) is 3.17. The van der Waals surface area contributed by atoms with E-state index in [4.69, 9.17) is 4.74 Å². The van der Waals surface area contributed by atoms with E-state index in [1.54, 1.807) is 7.11 Å². The number of carbonyl (C=O) groups excluding carboxylic acids is 1. The minimum absolute atomic E-state index is 0.180. The van der Waals surface area contributed by atoms with E-state index in [-0.39, 0.29) is 5.92 Å². The van der Waals surface area contributed by atoms with Crippen molar-refractivity contribution in [2.24, 2.45) is 11.8 Å². The van der Waals surface area contributed by atoms with Crippen LogP contribution in [0.25, 0.3) is 0 Å². The molecule has 1 fully saturated rings. The highest BCUT2D eigenvalue weighted by molar-refractivity contribution is 6.00. The number of benzene rings is 1.